The van der Waals surface area contributed by atoms with Gasteiger partial charge in [-0.05, 0) is 30.9 Å². The van der Waals surface area contributed by atoms with Gasteiger partial charge in [0.25, 0.3) is 0 Å². The highest BCUT2D eigenvalue weighted by Gasteiger charge is 2.04. The minimum atomic E-state index is 0.952. The second kappa shape index (κ2) is 7.74. The van der Waals surface area contributed by atoms with E-state index in [4.69, 9.17) is 0 Å². The molecule has 3 nitrogen and oxygen atoms in total. The molecule has 0 aliphatic carbocycles. The van der Waals surface area contributed by atoms with Gasteiger partial charge in [-0.15, -0.1) is 0 Å². The molecule has 1 rings (SSSR count). The second-order valence-corrected chi connectivity index (χ2v) is 5.25. The molecule has 0 radical (unpaired) electrons. The van der Waals surface area contributed by atoms with Gasteiger partial charge in [0.2, 0.25) is 0 Å². The first-order valence-corrected chi connectivity index (χ1v) is 7.23. The van der Waals surface area contributed by atoms with Gasteiger partial charge in [0.1, 0.15) is 0 Å². The van der Waals surface area contributed by atoms with Crippen LogP contribution in [-0.2, 0) is 20.0 Å². The van der Waals surface area contributed by atoms with Gasteiger partial charge < -0.3 is 5.32 Å². The summed E-state index contributed by atoms with van der Waals surface area (Å²) in [6.07, 6.45) is 4.39. The summed E-state index contributed by atoms with van der Waals surface area (Å²) in [7, 11) is 1.99. The molecule has 0 unspecified atom stereocenters. The van der Waals surface area contributed by atoms with E-state index in [9.17, 15) is 0 Å². The van der Waals surface area contributed by atoms with Crippen molar-refractivity contribution in [2.45, 2.75) is 33.2 Å². The Hall–Kier alpha value is -0.480. The first-order chi connectivity index (χ1) is 7.77. The fourth-order valence-corrected chi connectivity index (χ4v) is 2.33. The largest absolute Gasteiger partial charge is 0.313 e. The van der Waals surface area contributed by atoms with Gasteiger partial charge in [-0.25, -0.2) is 0 Å². The molecule has 0 spiro atoms. The minimum Gasteiger partial charge on any atom is -0.313 e. The molecule has 16 heavy (non-hydrogen) atoms. The summed E-state index contributed by atoms with van der Waals surface area (Å²) < 4.78 is 1.91. The zero-order valence-electron chi connectivity index (χ0n) is 10.6. The van der Waals surface area contributed by atoms with E-state index in [2.05, 4.69) is 30.5 Å². The highest BCUT2D eigenvalue weighted by Crippen LogP contribution is 2.06. The summed E-state index contributed by atoms with van der Waals surface area (Å²) in [5.74, 6) is 2.49. The predicted molar refractivity (Wildman–Crippen MR) is 71.9 cm³/mol. The normalized spacial score (nSPS) is 10.9. The average molecular weight is 241 g/mol. The molecule has 92 valence electrons. The van der Waals surface area contributed by atoms with E-state index in [1.165, 1.54) is 29.2 Å². The quantitative estimate of drug-likeness (QED) is 0.708. The standard InChI is InChI=1S/C12H23N3S/c1-4-12-11(10-15(3)14-12)9-13-7-6-8-16-5-2/h10,13H,4-9H2,1-3H3. The zero-order valence-corrected chi connectivity index (χ0v) is 11.4. The van der Waals surface area contributed by atoms with Crippen molar-refractivity contribution in [2.75, 3.05) is 18.1 Å². The lowest BCUT2D eigenvalue weighted by molar-refractivity contribution is 0.674. The van der Waals surface area contributed by atoms with Crippen molar-refractivity contribution in [3.05, 3.63) is 17.5 Å². The molecule has 0 saturated carbocycles. The van der Waals surface area contributed by atoms with Gasteiger partial charge in [0.05, 0.1) is 5.69 Å². The minimum absolute atomic E-state index is 0.952. The molecule has 0 aliphatic rings. The van der Waals surface area contributed by atoms with Crippen molar-refractivity contribution in [3.8, 4) is 0 Å². The molecule has 0 aromatic carbocycles. The predicted octanol–water partition coefficient (Wildman–Crippen LogP) is 2.22. The molecular weight excluding hydrogens is 218 g/mol. The van der Waals surface area contributed by atoms with Crippen LogP contribution in [0.5, 0.6) is 0 Å². The molecule has 1 aromatic rings. The van der Waals surface area contributed by atoms with Crippen LogP contribution in [0.2, 0.25) is 0 Å². The van der Waals surface area contributed by atoms with Crippen molar-refractivity contribution in [1.29, 1.82) is 0 Å². The van der Waals surface area contributed by atoms with Crippen LogP contribution < -0.4 is 5.32 Å². The Bertz CT molecular complexity index is 296. The summed E-state index contributed by atoms with van der Waals surface area (Å²) in [6.45, 7) is 6.42. The lowest BCUT2D eigenvalue weighted by atomic mass is 10.2. The van der Waals surface area contributed by atoms with Gasteiger partial charge in [-0.3, -0.25) is 4.68 Å². The molecule has 0 aliphatic heterocycles. The number of aromatic nitrogens is 2. The van der Waals surface area contributed by atoms with Crippen molar-refractivity contribution in [3.63, 3.8) is 0 Å². The molecule has 0 amide bonds. The molecule has 4 heteroatoms. The smallest absolute Gasteiger partial charge is 0.0666 e. The highest BCUT2D eigenvalue weighted by atomic mass is 32.2. The molecule has 0 bridgehead atoms. The van der Waals surface area contributed by atoms with Crippen molar-refractivity contribution in [1.82, 2.24) is 15.1 Å². The highest BCUT2D eigenvalue weighted by molar-refractivity contribution is 7.99. The van der Waals surface area contributed by atoms with Gasteiger partial charge in [-0.2, -0.15) is 16.9 Å². The van der Waals surface area contributed by atoms with E-state index in [0.717, 1.165) is 19.5 Å². The third-order valence-electron chi connectivity index (χ3n) is 2.49. The number of thioether (sulfide) groups is 1. The summed E-state index contributed by atoms with van der Waals surface area (Å²) in [5.41, 5.74) is 2.56. The topological polar surface area (TPSA) is 29.9 Å². The van der Waals surface area contributed by atoms with Crippen LogP contribution in [0, 0.1) is 0 Å². The number of nitrogens with zero attached hydrogens (tertiary/aromatic N) is 2. The monoisotopic (exact) mass is 241 g/mol. The van der Waals surface area contributed by atoms with Crippen LogP contribution in [0.3, 0.4) is 0 Å². The maximum absolute atomic E-state index is 4.43. The molecule has 1 N–H and O–H groups in total. The fraction of sp³-hybridized carbons (Fsp3) is 0.750. The van der Waals surface area contributed by atoms with E-state index < -0.39 is 0 Å². The first kappa shape index (κ1) is 13.6. The van der Waals surface area contributed by atoms with E-state index in [-0.39, 0.29) is 0 Å². The van der Waals surface area contributed by atoms with E-state index in [1.807, 2.05) is 23.5 Å². The SMILES string of the molecule is CCSCCCNCc1cn(C)nc1CC. The van der Waals surface area contributed by atoms with E-state index in [0.29, 0.717) is 0 Å². The van der Waals surface area contributed by atoms with E-state index in [1.54, 1.807) is 0 Å². The van der Waals surface area contributed by atoms with Crippen LogP contribution in [-0.4, -0.2) is 27.8 Å². The molecule has 0 fully saturated rings. The lowest BCUT2D eigenvalue weighted by Crippen LogP contribution is -2.15. The Kier molecular flexibility index (Phi) is 6.57. The first-order valence-electron chi connectivity index (χ1n) is 6.07. The Morgan fingerprint density at radius 1 is 1.44 bits per heavy atom. The molecule has 0 atom stereocenters. The summed E-state index contributed by atoms with van der Waals surface area (Å²) >= 11 is 2.01. The van der Waals surface area contributed by atoms with Crippen molar-refractivity contribution < 1.29 is 0 Å². The number of nitrogens with one attached hydrogen (secondary N) is 1. The Morgan fingerprint density at radius 2 is 2.25 bits per heavy atom. The maximum Gasteiger partial charge on any atom is 0.0666 e. The van der Waals surface area contributed by atoms with Gasteiger partial charge in [-0.1, -0.05) is 13.8 Å². The molecular formula is C12H23N3S. The average Bonchev–Trinajstić information content (AvgIpc) is 2.64. The Balaban J connectivity index is 2.21. The van der Waals surface area contributed by atoms with Crippen LogP contribution in [0.4, 0.5) is 0 Å². The summed E-state index contributed by atoms with van der Waals surface area (Å²) in [6, 6.07) is 0. The van der Waals surface area contributed by atoms with Crippen LogP contribution in [0.25, 0.3) is 0 Å². The molecule has 0 saturated heterocycles. The van der Waals surface area contributed by atoms with Crippen LogP contribution in [0.1, 0.15) is 31.5 Å². The second-order valence-electron chi connectivity index (χ2n) is 3.86. The molecule has 1 heterocycles. The Labute approximate surface area is 103 Å². The van der Waals surface area contributed by atoms with Gasteiger partial charge in [0.15, 0.2) is 0 Å². The number of aryl methyl sites for hydroxylation is 2. The number of hydrogen-bond donors (Lipinski definition) is 1. The van der Waals surface area contributed by atoms with Gasteiger partial charge >= 0.3 is 0 Å². The number of rotatable bonds is 8. The van der Waals surface area contributed by atoms with Crippen molar-refractivity contribution in [2.24, 2.45) is 7.05 Å². The maximum atomic E-state index is 4.43. The zero-order chi connectivity index (χ0) is 11.8. The fourth-order valence-electron chi connectivity index (χ4n) is 1.70. The summed E-state index contributed by atoms with van der Waals surface area (Å²) in [4.78, 5) is 0. The Morgan fingerprint density at radius 3 is 2.94 bits per heavy atom. The third kappa shape index (κ3) is 4.58. The lowest BCUT2D eigenvalue weighted by Gasteiger charge is -2.03. The van der Waals surface area contributed by atoms with Crippen molar-refractivity contribution >= 4 is 11.8 Å². The van der Waals surface area contributed by atoms with Gasteiger partial charge in [0, 0.05) is 25.4 Å². The van der Waals surface area contributed by atoms with Crippen LogP contribution in [0.15, 0.2) is 6.20 Å². The third-order valence-corrected chi connectivity index (χ3v) is 3.47. The molecule has 1 aromatic heterocycles. The summed E-state index contributed by atoms with van der Waals surface area (Å²) in [5, 5.41) is 7.91. The van der Waals surface area contributed by atoms with Crippen LogP contribution >= 0.6 is 11.8 Å². The number of hydrogen-bond acceptors (Lipinski definition) is 3. The van der Waals surface area contributed by atoms with E-state index >= 15 is 0 Å².